The van der Waals surface area contributed by atoms with Crippen LogP contribution in [0.2, 0.25) is 0 Å². The number of para-hydroxylation sites is 1. The van der Waals surface area contributed by atoms with Gasteiger partial charge in [-0.2, -0.15) is 0 Å². The molecule has 2 amide bonds. The Hall–Kier alpha value is -4.64. The fourth-order valence-corrected chi connectivity index (χ4v) is 4.79. The Morgan fingerprint density at radius 1 is 0.811 bits per heavy atom. The van der Waals surface area contributed by atoms with E-state index in [-0.39, 0.29) is 11.4 Å². The number of anilines is 2. The highest BCUT2D eigenvalue weighted by molar-refractivity contribution is 6.24. The van der Waals surface area contributed by atoms with Crippen molar-refractivity contribution in [3.8, 4) is 17.2 Å². The van der Waals surface area contributed by atoms with Crippen molar-refractivity contribution in [2.75, 3.05) is 31.3 Å². The summed E-state index contributed by atoms with van der Waals surface area (Å²) in [6.45, 7) is 0. The van der Waals surface area contributed by atoms with Crippen molar-refractivity contribution in [1.29, 1.82) is 0 Å². The summed E-state index contributed by atoms with van der Waals surface area (Å²) in [5, 5.41) is 12.6. The Morgan fingerprint density at radius 3 is 2.03 bits per heavy atom. The van der Waals surface area contributed by atoms with Gasteiger partial charge in [0.25, 0.3) is 11.6 Å². The third-order valence-corrected chi connectivity index (χ3v) is 6.50. The molecule has 0 bridgehead atoms. The number of methoxy groups -OCH3 is 3. The van der Waals surface area contributed by atoms with Crippen LogP contribution in [-0.4, -0.2) is 44.2 Å². The Balaban J connectivity index is 1.62. The molecule has 11 heteroatoms. The molecule has 3 aromatic rings. The van der Waals surface area contributed by atoms with E-state index < -0.39 is 34.8 Å². The van der Waals surface area contributed by atoms with Crippen LogP contribution < -0.4 is 24.2 Å². The van der Waals surface area contributed by atoms with Crippen LogP contribution in [0.5, 0.6) is 17.2 Å². The number of nitro benzene ring substituents is 1. The summed E-state index contributed by atoms with van der Waals surface area (Å²) in [5.41, 5.74) is 1.27. The first-order chi connectivity index (χ1) is 17.9. The van der Waals surface area contributed by atoms with Crippen LogP contribution in [0.25, 0.3) is 0 Å². The monoisotopic (exact) mass is 505 g/mol. The highest BCUT2D eigenvalue weighted by Gasteiger charge is 2.61. The van der Waals surface area contributed by atoms with Gasteiger partial charge in [-0.05, 0) is 30.3 Å². The Kier molecular flexibility index (Phi) is 6.14. The van der Waals surface area contributed by atoms with Crippen LogP contribution in [-0.2, 0) is 14.4 Å². The normalized spacial score (nSPS) is 20.7. The van der Waals surface area contributed by atoms with E-state index in [0.717, 1.165) is 4.90 Å². The number of hydroxylamine groups is 1. The first kappa shape index (κ1) is 24.1. The van der Waals surface area contributed by atoms with E-state index in [1.807, 2.05) is 30.3 Å². The molecule has 3 aromatic carbocycles. The Bertz CT molecular complexity index is 1360. The van der Waals surface area contributed by atoms with Crippen LogP contribution in [0.3, 0.4) is 0 Å². The van der Waals surface area contributed by atoms with E-state index in [0.29, 0.717) is 28.5 Å². The third-order valence-electron chi connectivity index (χ3n) is 6.50. The van der Waals surface area contributed by atoms with Crippen LogP contribution in [0.15, 0.2) is 66.7 Å². The quantitative estimate of drug-likeness (QED) is 0.269. The summed E-state index contributed by atoms with van der Waals surface area (Å²) in [5.74, 6) is -0.725. The maximum atomic E-state index is 13.8. The van der Waals surface area contributed by atoms with Gasteiger partial charge in [0, 0.05) is 23.8 Å². The number of carbonyl (C=O) groups is 2. The van der Waals surface area contributed by atoms with E-state index >= 15 is 0 Å². The standard InChI is InChI=1S/C26H23N3O8/c1-34-19-14-21(36-3)20(35-2)13-18(19)23-22-24(37-28(23)16-7-5-4-6-8-16)26(31)27(25(22)30)15-9-11-17(12-10-15)29(32)33/h4-14,22-24H,1-3H3/t22-,23+,24+/m0/s1. The second-order valence-electron chi connectivity index (χ2n) is 8.39. The number of benzene rings is 3. The largest absolute Gasteiger partial charge is 0.496 e. The number of hydrogen-bond acceptors (Lipinski definition) is 9. The fourth-order valence-electron chi connectivity index (χ4n) is 4.79. The summed E-state index contributed by atoms with van der Waals surface area (Å²) in [6.07, 6.45) is -1.12. The molecule has 2 aliphatic rings. The maximum absolute atomic E-state index is 13.8. The lowest BCUT2D eigenvalue weighted by molar-refractivity contribution is -0.384. The molecule has 2 aliphatic heterocycles. The predicted molar refractivity (Wildman–Crippen MR) is 132 cm³/mol. The van der Waals surface area contributed by atoms with Crippen molar-refractivity contribution in [3.05, 3.63) is 82.4 Å². The lowest BCUT2D eigenvalue weighted by Crippen LogP contribution is -2.37. The molecule has 0 aromatic heterocycles. The molecule has 0 radical (unpaired) electrons. The van der Waals surface area contributed by atoms with Crippen LogP contribution in [0.1, 0.15) is 11.6 Å². The number of ether oxygens (including phenoxy) is 3. The van der Waals surface area contributed by atoms with E-state index in [1.165, 1.54) is 45.6 Å². The predicted octanol–water partition coefficient (Wildman–Crippen LogP) is 3.67. The summed E-state index contributed by atoms with van der Waals surface area (Å²) in [7, 11) is 4.50. The van der Waals surface area contributed by atoms with E-state index in [4.69, 9.17) is 19.0 Å². The molecule has 2 heterocycles. The molecule has 2 fully saturated rings. The van der Waals surface area contributed by atoms with Crippen molar-refractivity contribution in [1.82, 2.24) is 0 Å². The molecule has 0 unspecified atom stereocenters. The minimum absolute atomic E-state index is 0.150. The number of carbonyl (C=O) groups excluding carboxylic acids is 2. The number of amides is 2. The molecule has 0 aliphatic carbocycles. The summed E-state index contributed by atoms with van der Waals surface area (Å²) in [6, 6.07) is 16.9. The van der Waals surface area contributed by atoms with Crippen LogP contribution >= 0.6 is 0 Å². The fraction of sp³-hybridized carbons (Fsp3) is 0.231. The van der Waals surface area contributed by atoms with Gasteiger partial charge >= 0.3 is 0 Å². The van der Waals surface area contributed by atoms with Crippen molar-refractivity contribution in [2.45, 2.75) is 12.1 Å². The van der Waals surface area contributed by atoms with Gasteiger partial charge in [0.15, 0.2) is 17.6 Å². The minimum Gasteiger partial charge on any atom is -0.496 e. The van der Waals surface area contributed by atoms with Crippen molar-refractivity contribution < 1.29 is 33.6 Å². The van der Waals surface area contributed by atoms with Crippen molar-refractivity contribution >= 4 is 28.9 Å². The summed E-state index contributed by atoms with van der Waals surface area (Å²) < 4.78 is 16.6. The molecule has 0 saturated carbocycles. The van der Waals surface area contributed by atoms with Crippen molar-refractivity contribution in [2.24, 2.45) is 5.92 Å². The second-order valence-corrected chi connectivity index (χ2v) is 8.39. The smallest absolute Gasteiger partial charge is 0.269 e. The molecule has 2 saturated heterocycles. The zero-order valence-electron chi connectivity index (χ0n) is 20.2. The van der Waals surface area contributed by atoms with Gasteiger partial charge in [0.2, 0.25) is 5.91 Å². The molecular formula is C26H23N3O8. The second kappa shape index (κ2) is 9.43. The zero-order chi connectivity index (χ0) is 26.3. The lowest BCUT2D eigenvalue weighted by atomic mass is 9.89. The Morgan fingerprint density at radius 2 is 1.43 bits per heavy atom. The topological polar surface area (TPSA) is 121 Å². The number of non-ortho nitro benzene ring substituents is 1. The number of fused-ring (bicyclic) bond motifs is 1. The van der Waals surface area contributed by atoms with E-state index in [1.54, 1.807) is 17.2 Å². The van der Waals surface area contributed by atoms with E-state index in [9.17, 15) is 19.7 Å². The number of imide groups is 1. The average Bonchev–Trinajstić information content (AvgIpc) is 3.43. The lowest BCUT2D eigenvalue weighted by Gasteiger charge is -2.30. The molecule has 0 spiro atoms. The number of hydrogen-bond donors (Lipinski definition) is 0. The first-order valence-corrected chi connectivity index (χ1v) is 11.3. The number of rotatable bonds is 7. The molecular weight excluding hydrogens is 482 g/mol. The third kappa shape index (κ3) is 3.89. The molecule has 11 nitrogen and oxygen atoms in total. The van der Waals surface area contributed by atoms with Crippen LogP contribution in [0.4, 0.5) is 17.1 Å². The van der Waals surface area contributed by atoms with Gasteiger partial charge < -0.3 is 14.2 Å². The highest BCUT2D eigenvalue weighted by atomic mass is 16.7. The van der Waals surface area contributed by atoms with Gasteiger partial charge in [0.1, 0.15) is 17.7 Å². The van der Waals surface area contributed by atoms with Crippen LogP contribution in [0, 0.1) is 16.0 Å². The zero-order valence-corrected chi connectivity index (χ0v) is 20.2. The van der Waals surface area contributed by atoms with Gasteiger partial charge in [0.05, 0.1) is 37.6 Å². The molecule has 3 atom stereocenters. The molecule has 37 heavy (non-hydrogen) atoms. The molecule has 190 valence electrons. The summed E-state index contributed by atoms with van der Waals surface area (Å²) in [4.78, 5) is 45.0. The molecule has 0 N–H and O–H groups in total. The van der Waals surface area contributed by atoms with Crippen molar-refractivity contribution in [3.63, 3.8) is 0 Å². The SMILES string of the molecule is COc1cc(OC)c([C@@H]2[C@@H]3C(=O)N(c4ccc([N+](=O)[O-])cc4)C(=O)[C@@H]3ON2c2ccccc2)cc1OC. The molecule has 5 rings (SSSR count). The van der Waals surface area contributed by atoms with Gasteiger partial charge in [-0.1, -0.05) is 18.2 Å². The number of nitrogens with zero attached hydrogens (tertiary/aromatic N) is 3. The minimum atomic E-state index is -1.12. The Labute approximate surface area is 211 Å². The van der Waals surface area contributed by atoms with Gasteiger partial charge in [-0.15, -0.1) is 0 Å². The highest BCUT2D eigenvalue weighted by Crippen LogP contribution is 2.51. The average molecular weight is 505 g/mol. The number of nitro groups is 1. The van der Waals surface area contributed by atoms with Gasteiger partial charge in [-0.3, -0.25) is 24.5 Å². The first-order valence-electron chi connectivity index (χ1n) is 11.3. The van der Waals surface area contributed by atoms with E-state index in [2.05, 4.69) is 0 Å². The summed E-state index contributed by atoms with van der Waals surface area (Å²) >= 11 is 0. The maximum Gasteiger partial charge on any atom is 0.269 e. The van der Waals surface area contributed by atoms with Gasteiger partial charge in [-0.25, -0.2) is 9.96 Å².